The van der Waals surface area contributed by atoms with Crippen LogP contribution in [0, 0.1) is 0 Å². The summed E-state index contributed by atoms with van der Waals surface area (Å²) < 4.78 is 16.1. The molecule has 2 N–H and O–H groups in total. The molecule has 0 aliphatic carbocycles. The first-order valence-corrected chi connectivity index (χ1v) is 6.06. The highest BCUT2D eigenvalue weighted by molar-refractivity contribution is 5.74. The van der Waals surface area contributed by atoms with Crippen LogP contribution in [0.25, 0.3) is 11.3 Å². The number of anilines is 1. The minimum atomic E-state index is 0.242. The number of nitrogen functional groups attached to an aromatic ring is 1. The Hall–Kier alpha value is -2.17. The molecule has 0 spiro atoms. The molecule has 0 radical (unpaired) electrons. The number of rotatable bonds is 4. The Kier molecular flexibility index (Phi) is 3.64. The Morgan fingerprint density at radius 2 is 1.79 bits per heavy atom. The lowest BCUT2D eigenvalue weighted by atomic mass is 9.93. The van der Waals surface area contributed by atoms with Gasteiger partial charge in [0.1, 0.15) is 11.5 Å². The monoisotopic (exact) mass is 262 g/mol. The van der Waals surface area contributed by atoms with Crippen molar-refractivity contribution in [2.24, 2.45) is 0 Å². The number of aromatic nitrogens is 1. The van der Waals surface area contributed by atoms with Gasteiger partial charge in [-0.05, 0) is 18.1 Å². The number of nitrogens with zero attached hydrogens (tertiary/aromatic N) is 1. The highest BCUT2D eigenvalue weighted by atomic mass is 16.5. The molecule has 0 unspecified atom stereocenters. The van der Waals surface area contributed by atoms with Crippen molar-refractivity contribution in [3.05, 3.63) is 23.8 Å². The van der Waals surface area contributed by atoms with Gasteiger partial charge in [0.25, 0.3) is 0 Å². The van der Waals surface area contributed by atoms with Crippen molar-refractivity contribution in [2.45, 2.75) is 19.8 Å². The van der Waals surface area contributed by atoms with E-state index in [9.17, 15) is 0 Å². The van der Waals surface area contributed by atoms with E-state index in [1.807, 2.05) is 12.1 Å². The summed E-state index contributed by atoms with van der Waals surface area (Å²) in [6.07, 6.45) is 0. The van der Waals surface area contributed by atoms with Crippen LogP contribution in [0.15, 0.2) is 22.7 Å². The van der Waals surface area contributed by atoms with Gasteiger partial charge in [0.2, 0.25) is 0 Å². The highest BCUT2D eigenvalue weighted by Gasteiger charge is 2.22. The van der Waals surface area contributed by atoms with E-state index in [2.05, 4.69) is 19.0 Å². The SMILES string of the molecule is COc1ccc(OC)c(C(C)C)c1-c1cc(N)no1. The van der Waals surface area contributed by atoms with Crippen LogP contribution in [-0.2, 0) is 0 Å². The number of nitrogens with two attached hydrogens (primary N) is 1. The molecule has 0 atom stereocenters. The zero-order chi connectivity index (χ0) is 14.0. The molecule has 0 bridgehead atoms. The second kappa shape index (κ2) is 5.22. The Morgan fingerprint density at radius 3 is 2.26 bits per heavy atom. The van der Waals surface area contributed by atoms with Crippen LogP contribution < -0.4 is 15.2 Å². The third-order valence-electron chi connectivity index (χ3n) is 2.96. The van der Waals surface area contributed by atoms with Crippen LogP contribution >= 0.6 is 0 Å². The van der Waals surface area contributed by atoms with Crippen molar-refractivity contribution >= 4 is 5.82 Å². The zero-order valence-electron chi connectivity index (χ0n) is 11.6. The summed E-state index contributed by atoms with van der Waals surface area (Å²) in [6, 6.07) is 5.42. The number of ether oxygens (including phenoxy) is 2. The van der Waals surface area contributed by atoms with Crippen LogP contribution in [0.3, 0.4) is 0 Å². The van der Waals surface area contributed by atoms with Gasteiger partial charge in [0.05, 0.1) is 19.8 Å². The molecule has 19 heavy (non-hydrogen) atoms. The number of hydrogen-bond acceptors (Lipinski definition) is 5. The van der Waals surface area contributed by atoms with E-state index in [1.54, 1.807) is 20.3 Å². The Balaban J connectivity index is 2.73. The molecule has 1 aromatic heterocycles. The second-order valence-electron chi connectivity index (χ2n) is 4.53. The smallest absolute Gasteiger partial charge is 0.173 e. The van der Waals surface area contributed by atoms with Gasteiger partial charge in [0.15, 0.2) is 11.6 Å². The first-order valence-electron chi connectivity index (χ1n) is 6.06. The van der Waals surface area contributed by atoms with Crippen molar-refractivity contribution < 1.29 is 14.0 Å². The molecule has 0 fully saturated rings. The van der Waals surface area contributed by atoms with Crippen LogP contribution in [0.5, 0.6) is 11.5 Å². The normalized spacial score (nSPS) is 10.8. The van der Waals surface area contributed by atoms with E-state index in [0.29, 0.717) is 17.3 Å². The molecule has 0 aliphatic rings. The molecule has 0 amide bonds. The molecule has 102 valence electrons. The van der Waals surface area contributed by atoms with Gasteiger partial charge in [-0.15, -0.1) is 0 Å². The summed E-state index contributed by atoms with van der Waals surface area (Å²) in [5, 5.41) is 3.73. The topological polar surface area (TPSA) is 70.5 Å². The van der Waals surface area contributed by atoms with Gasteiger partial charge in [-0.1, -0.05) is 19.0 Å². The maximum absolute atomic E-state index is 5.63. The van der Waals surface area contributed by atoms with Gasteiger partial charge in [-0.2, -0.15) is 0 Å². The number of benzene rings is 1. The standard InChI is InChI=1S/C14H18N2O3/c1-8(2)13-9(17-3)5-6-10(18-4)14(13)11-7-12(15)16-19-11/h5-8H,1-4H3,(H2,15,16). The van der Waals surface area contributed by atoms with E-state index in [4.69, 9.17) is 19.7 Å². The van der Waals surface area contributed by atoms with Crippen LogP contribution in [0.1, 0.15) is 25.3 Å². The lowest BCUT2D eigenvalue weighted by molar-refractivity contribution is 0.392. The third kappa shape index (κ3) is 2.36. The lowest BCUT2D eigenvalue weighted by Gasteiger charge is -2.18. The van der Waals surface area contributed by atoms with Gasteiger partial charge < -0.3 is 19.7 Å². The molecule has 2 rings (SSSR count). The molecular weight excluding hydrogens is 244 g/mol. The second-order valence-corrected chi connectivity index (χ2v) is 4.53. The van der Waals surface area contributed by atoms with E-state index >= 15 is 0 Å². The van der Waals surface area contributed by atoms with Crippen LogP contribution in [0.2, 0.25) is 0 Å². The minimum absolute atomic E-state index is 0.242. The summed E-state index contributed by atoms with van der Waals surface area (Å²) >= 11 is 0. The summed E-state index contributed by atoms with van der Waals surface area (Å²) in [7, 11) is 3.27. The summed E-state index contributed by atoms with van der Waals surface area (Å²) in [5.74, 6) is 2.67. The molecule has 1 heterocycles. The van der Waals surface area contributed by atoms with Crippen molar-refractivity contribution in [3.63, 3.8) is 0 Å². The predicted molar refractivity (Wildman–Crippen MR) is 73.5 cm³/mol. The van der Waals surface area contributed by atoms with E-state index in [-0.39, 0.29) is 5.92 Å². The molecule has 5 nitrogen and oxygen atoms in total. The molecule has 5 heteroatoms. The summed E-state index contributed by atoms with van der Waals surface area (Å²) in [6.45, 7) is 4.17. The molecule has 0 aliphatic heterocycles. The fourth-order valence-corrected chi connectivity index (χ4v) is 2.16. The first kappa shape index (κ1) is 13.3. The zero-order valence-corrected chi connectivity index (χ0v) is 11.6. The number of methoxy groups -OCH3 is 2. The van der Waals surface area contributed by atoms with Crippen molar-refractivity contribution in [3.8, 4) is 22.8 Å². The van der Waals surface area contributed by atoms with Crippen molar-refractivity contribution in [1.29, 1.82) is 0 Å². The van der Waals surface area contributed by atoms with Crippen molar-refractivity contribution in [2.75, 3.05) is 20.0 Å². The maximum Gasteiger partial charge on any atom is 0.173 e. The Labute approximate surface area is 112 Å². The average molecular weight is 262 g/mol. The lowest BCUT2D eigenvalue weighted by Crippen LogP contribution is -2.00. The first-order chi connectivity index (χ1) is 9.08. The molecule has 2 aromatic rings. The van der Waals surface area contributed by atoms with Crippen LogP contribution in [-0.4, -0.2) is 19.4 Å². The highest BCUT2D eigenvalue weighted by Crippen LogP contribution is 2.42. The van der Waals surface area contributed by atoms with E-state index < -0.39 is 0 Å². The molecule has 1 aromatic carbocycles. The van der Waals surface area contributed by atoms with Crippen LogP contribution in [0.4, 0.5) is 5.82 Å². The predicted octanol–water partition coefficient (Wildman–Crippen LogP) is 3.06. The minimum Gasteiger partial charge on any atom is -0.496 e. The molecule has 0 saturated heterocycles. The Morgan fingerprint density at radius 1 is 1.16 bits per heavy atom. The van der Waals surface area contributed by atoms with Gasteiger partial charge in [-0.25, -0.2) is 0 Å². The fourth-order valence-electron chi connectivity index (χ4n) is 2.16. The quantitative estimate of drug-likeness (QED) is 0.916. The Bertz CT molecular complexity index is 576. The van der Waals surface area contributed by atoms with Gasteiger partial charge >= 0.3 is 0 Å². The fraction of sp³-hybridized carbons (Fsp3) is 0.357. The number of hydrogen-bond donors (Lipinski definition) is 1. The summed E-state index contributed by atoms with van der Waals surface area (Å²) in [4.78, 5) is 0. The van der Waals surface area contributed by atoms with Gasteiger partial charge in [-0.3, -0.25) is 0 Å². The van der Waals surface area contributed by atoms with E-state index in [0.717, 1.165) is 16.9 Å². The average Bonchev–Trinajstić information content (AvgIpc) is 2.83. The summed E-state index contributed by atoms with van der Waals surface area (Å²) in [5.41, 5.74) is 7.47. The van der Waals surface area contributed by atoms with Crippen molar-refractivity contribution in [1.82, 2.24) is 5.16 Å². The molecule has 0 saturated carbocycles. The molecular formula is C14H18N2O3. The van der Waals surface area contributed by atoms with Gasteiger partial charge in [0, 0.05) is 11.6 Å². The largest absolute Gasteiger partial charge is 0.496 e. The third-order valence-corrected chi connectivity index (χ3v) is 2.96. The van der Waals surface area contributed by atoms with E-state index in [1.165, 1.54) is 0 Å². The maximum atomic E-state index is 5.63.